The van der Waals surface area contributed by atoms with Crippen molar-refractivity contribution in [3.8, 4) is 0 Å². The third kappa shape index (κ3) is 1.94. The summed E-state index contributed by atoms with van der Waals surface area (Å²) >= 11 is 0. The maximum absolute atomic E-state index is 4.76. The number of aryl methyl sites for hydroxylation is 3. The Morgan fingerprint density at radius 1 is 1.14 bits per heavy atom. The second-order valence-corrected chi connectivity index (χ2v) is 8.17. The quantitative estimate of drug-likeness (QED) is 0.737. The highest BCUT2D eigenvalue weighted by molar-refractivity contribution is 5.61. The summed E-state index contributed by atoms with van der Waals surface area (Å²) in [6, 6.07) is 2.83. The number of nitrogens with zero attached hydrogens (tertiary/aromatic N) is 2. The molecule has 1 saturated carbocycles. The number of hydrogen-bond donors (Lipinski definition) is 0. The summed E-state index contributed by atoms with van der Waals surface area (Å²) < 4.78 is 0. The molecule has 2 saturated heterocycles. The van der Waals surface area contributed by atoms with Crippen molar-refractivity contribution >= 4 is 5.69 Å². The standard InChI is InChI=1S/C19H30N2/c1-12-10-14(3)20-15(4)17(12)21-16(5)19(7)9-8-18(21,6)11-13(19)2/h10,13,16H,8-9,11H2,1-7H3/t13?,16-,18?,19?/m0/s1. The molecule has 0 spiro atoms. The number of fused-ring (bicyclic) bond motifs is 3. The van der Waals surface area contributed by atoms with Crippen LogP contribution >= 0.6 is 0 Å². The predicted octanol–water partition coefficient (Wildman–Crippen LogP) is 4.80. The lowest BCUT2D eigenvalue weighted by Gasteiger charge is -2.66. The van der Waals surface area contributed by atoms with Crippen molar-refractivity contribution in [2.24, 2.45) is 11.3 Å². The second kappa shape index (κ2) is 4.47. The van der Waals surface area contributed by atoms with E-state index in [0.717, 1.165) is 11.6 Å². The van der Waals surface area contributed by atoms with Crippen LogP contribution < -0.4 is 4.90 Å². The average molecular weight is 286 g/mol. The van der Waals surface area contributed by atoms with E-state index in [4.69, 9.17) is 4.98 Å². The maximum atomic E-state index is 4.76. The van der Waals surface area contributed by atoms with Crippen LogP contribution in [0.2, 0.25) is 0 Å². The Morgan fingerprint density at radius 2 is 1.81 bits per heavy atom. The average Bonchev–Trinajstić information content (AvgIpc) is 2.36. The van der Waals surface area contributed by atoms with Gasteiger partial charge in [0.15, 0.2) is 0 Å². The molecule has 0 radical (unpaired) electrons. The zero-order valence-electron chi connectivity index (χ0n) is 14.7. The van der Waals surface area contributed by atoms with Gasteiger partial charge in [-0.25, -0.2) is 0 Å². The van der Waals surface area contributed by atoms with Gasteiger partial charge in [-0.1, -0.05) is 13.8 Å². The van der Waals surface area contributed by atoms with Gasteiger partial charge in [-0.15, -0.1) is 0 Å². The summed E-state index contributed by atoms with van der Waals surface area (Å²) in [7, 11) is 0. The van der Waals surface area contributed by atoms with Crippen LogP contribution in [0.15, 0.2) is 6.07 Å². The third-order valence-electron chi connectivity index (χ3n) is 6.72. The highest BCUT2D eigenvalue weighted by atomic mass is 15.3. The number of pyridine rings is 1. The Bertz CT molecular complexity index is 556. The molecule has 3 aliphatic rings. The van der Waals surface area contributed by atoms with Gasteiger partial charge in [-0.3, -0.25) is 4.98 Å². The summed E-state index contributed by atoms with van der Waals surface area (Å²) in [4.78, 5) is 7.49. The zero-order valence-corrected chi connectivity index (χ0v) is 14.7. The molecule has 4 rings (SSSR count). The molecule has 2 bridgehead atoms. The molecule has 2 heteroatoms. The first-order valence-corrected chi connectivity index (χ1v) is 8.43. The highest BCUT2D eigenvalue weighted by Crippen LogP contribution is 2.58. The summed E-state index contributed by atoms with van der Waals surface area (Å²) in [6.45, 7) is 16.4. The molecular weight excluding hydrogens is 256 g/mol. The molecule has 4 atom stereocenters. The second-order valence-electron chi connectivity index (χ2n) is 8.17. The number of hydrogen-bond acceptors (Lipinski definition) is 2. The van der Waals surface area contributed by atoms with Gasteiger partial charge >= 0.3 is 0 Å². The third-order valence-corrected chi connectivity index (χ3v) is 6.72. The molecule has 1 aliphatic carbocycles. The molecule has 0 N–H and O–H groups in total. The van der Waals surface area contributed by atoms with Crippen LogP contribution in [0.4, 0.5) is 5.69 Å². The van der Waals surface area contributed by atoms with E-state index in [1.54, 1.807) is 0 Å². The van der Waals surface area contributed by atoms with Crippen molar-refractivity contribution in [3.63, 3.8) is 0 Å². The first kappa shape index (κ1) is 14.9. The van der Waals surface area contributed by atoms with E-state index in [0.29, 0.717) is 17.0 Å². The molecule has 2 nitrogen and oxygen atoms in total. The molecule has 0 aromatic carbocycles. The van der Waals surface area contributed by atoms with E-state index < -0.39 is 0 Å². The minimum Gasteiger partial charge on any atom is -0.361 e. The zero-order chi connectivity index (χ0) is 15.6. The monoisotopic (exact) mass is 286 g/mol. The lowest BCUT2D eigenvalue weighted by molar-refractivity contribution is -0.00522. The van der Waals surface area contributed by atoms with Crippen LogP contribution in [0, 0.1) is 32.1 Å². The van der Waals surface area contributed by atoms with Crippen LogP contribution in [0.5, 0.6) is 0 Å². The van der Waals surface area contributed by atoms with Gasteiger partial charge in [0, 0.05) is 17.3 Å². The number of aromatic nitrogens is 1. The van der Waals surface area contributed by atoms with Crippen molar-refractivity contribution in [1.29, 1.82) is 0 Å². The van der Waals surface area contributed by atoms with Crippen molar-refractivity contribution in [2.75, 3.05) is 4.90 Å². The molecule has 21 heavy (non-hydrogen) atoms. The van der Waals surface area contributed by atoms with Crippen LogP contribution in [0.25, 0.3) is 0 Å². The molecule has 3 fully saturated rings. The SMILES string of the molecule is Cc1cc(C)c(N2[C@@H](C)C3(C)CCC2(C)CC3C)c(C)n1. The normalized spacial score (nSPS) is 38.9. The highest BCUT2D eigenvalue weighted by Gasteiger charge is 2.57. The topological polar surface area (TPSA) is 16.1 Å². The number of anilines is 1. The fraction of sp³-hybridized carbons (Fsp3) is 0.737. The van der Waals surface area contributed by atoms with Gasteiger partial charge in [0.2, 0.25) is 0 Å². The van der Waals surface area contributed by atoms with Gasteiger partial charge in [-0.05, 0) is 76.8 Å². The Hall–Kier alpha value is -1.05. The van der Waals surface area contributed by atoms with E-state index in [2.05, 4.69) is 59.4 Å². The van der Waals surface area contributed by atoms with E-state index in [-0.39, 0.29) is 0 Å². The van der Waals surface area contributed by atoms with Gasteiger partial charge in [0.1, 0.15) is 0 Å². The van der Waals surface area contributed by atoms with Crippen LogP contribution in [0.3, 0.4) is 0 Å². The first-order chi connectivity index (χ1) is 9.69. The van der Waals surface area contributed by atoms with Crippen molar-refractivity contribution in [3.05, 3.63) is 23.0 Å². The fourth-order valence-corrected chi connectivity index (χ4v) is 5.23. The largest absolute Gasteiger partial charge is 0.361 e. The Kier molecular flexibility index (Phi) is 3.17. The Balaban J connectivity index is 2.15. The summed E-state index contributed by atoms with van der Waals surface area (Å²) in [5.41, 5.74) is 5.84. The van der Waals surface area contributed by atoms with Gasteiger partial charge < -0.3 is 4.90 Å². The smallest absolute Gasteiger partial charge is 0.0619 e. The lowest BCUT2D eigenvalue weighted by atomic mass is 9.54. The lowest BCUT2D eigenvalue weighted by Crippen LogP contribution is -2.68. The predicted molar refractivity (Wildman–Crippen MR) is 89.9 cm³/mol. The van der Waals surface area contributed by atoms with Crippen molar-refractivity contribution in [2.45, 2.75) is 79.3 Å². The maximum Gasteiger partial charge on any atom is 0.0619 e. The molecule has 3 unspecified atom stereocenters. The van der Waals surface area contributed by atoms with E-state index in [1.807, 2.05) is 0 Å². The summed E-state index contributed by atoms with van der Waals surface area (Å²) in [6.07, 6.45) is 3.98. The number of piperidine rings is 2. The molecular formula is C19H30N2. The van der Waals surface area contributed by atoms with Crippen LogP contribution in [-0.4, -0.2) is 16.6 Å². The minimum atomic E-state index is 0.295. The molecule has 2 aliphatic heterocycles. The Labute approximate surface area is 130 Å². The summed E-state index contributed by atoms with van der Waals surface area (Å²) in [5, 5.41) is 0. The number of rotatable bonds is 1. The fourth-order valence-electron chi connectivity index (χ4n) is 5.23. The Morgan fingerprint density at radius 3 is 2.38 bits per heavy atom. The van der Waals surface area contributed by atoms with Crippen molar-refractivity contribution < 1.29 is 0 Å². The van der Waals surface area contributed by atoms with Crippen LogP contribution in [0.1, 0.15) is 63.9 Å². The van der Waals surface area contributed by atoms with E-state index in [9.17, 15) is 0 Å². The summed E-state index contributed by atoms with van der Waals surface area (Å²) in [5.74, 6) is 0.807. The first-order valence-electron chi connectivity index (χ1n) is 8.43. The molecule has 0 amide bonds. The molecule has 1 aromatic rings. The molecule has 3 heterocycles. The molecule has 1 aromatic heterocycles. The van der Waals surface area contributed by atoms with Gasteiger partial charge in [0.25, 0.3) is 0 Å². The minimum absolute atomic E-state index is 0.295. The van der Waals surface area contributed by atoms with Crippen molar-refractivity contribution in [1.82, 2.24) is 4.98 Å². The van der Waals surface area contributed by atoms with E-state index >= 15 is 0 Å². The van der Waals surface area contributed by atoms with Crippen LogP contribution in [-0.2, 0) is 0 Å². The van der Waals surface area contributed by atoms with Gasteiger partial charge in [0.05, 0.1) is 11.4 Å². The van der Waals surface area contributed by atoms with Gasteiger partial charge in [-0.2, -0.15) is 0 Å². The molecule has 116 valence electrons. The van der Waals surface area contributed by atoms with E-state index in [1.165, 1.54) is 36.2 Å².